The first kappa shape index (κ1) is 20.7. The molecule has 2 aromatic rings. The molecule has 2 N–H and O–H groups in total. The molecule has 148 valence electrons. The van der Waals surface area contributed by atoms with Gasteiger partial charge in [0.05, 0.1) is 6.54 Å². The second kappa shape index (κ2) is 10.5. The zero-order valence-electron chi connectivity index (χ0n) is 17.1. The Hall–Kier alpha value is -2.57. The summed E-state index contributed by atoms with van der Waals surface area (Å²) in [4.78, 5) is 4.65. The van der Waals surface area contributed by atoms with E-state index in [1.54, 1.807) is 0 Å². The van der Waals surface area contributed by atoms with Gasteiger partial charge in [-0.3, -0.25) is 0 Å². The number of hydrogen-bond acceptors (Lipinski definition) is 4. The van der Waals surface area contributed by atoms with Crippen LogP contribution in [-0.4, -0.2) is 39.9 Å². The predicted octanol–water partition coefficient (Wildman–Crippen LogP) is 2.73. The fourth-order valence-corrected chi connectivity index (χ4v) is 2.50. The first-order valence-corrected chi connectivity index (χ1v) is 9.60. The van der Waals surface area contributed by atoms with Crippen LogP contribution in [0.25, 0.3) is 0 Å². The largest absolute Gasteiger partial charge is 0.489 e. The van der Waals surface area contributed by atoms with Crippen LogP contribution in [0, 0.1) is 13.8 Å². The highest BCUT2D eigenvalue weighted by atomic mass is 16.5. The Bertz CT molecular complexity index is 740. The smallest absolute Gasteiger partial charge is 0.191 e. The number of aryl methyl sites for hydroxylation is 2. The third kappa shape index (κ3) is 6.92. The Morgan fingerprint density at radius 3 is 2.74 bits per heavy atom. The minimum Gasteiger partial charge on any atom is -0.489 e. The van der Waals surface area contributed by atoms with E-state index in [1.165, 1.54) is 5.56 Å². The van der Waals surface area contributed by atoms with Gasteiger partial charge in [0.15, 0.2) is 11.8 Å². The summed E-state index contributed by atoms with van der Waals surface area (Å²) >= 11 is 0. The number of hydrogen-bond donors (Lipinski definition) is 2. The molecule has 7 heteroatoms. The maximum Gasteiger partial charge on any atom is 0.191 e. The molecule has 27 heavy (non-hydrogen) atoms. The Morgan fingerprint density at radius 1 is 1.26 bits per heavy atom. The van der Waals surface area contributed by atoms with Gasteiger partial charge in [-0.2, -0.15) is 0 Å². The van der Waals surface area contributed by atoms with Crippen LogP contribution in [-0.2, 0) is 13.6 Å². The molecule has 1 unspecified atom stereocenters. The van der Waals surface area contributed by atoms with Crippen molar-refractivity contribution in [3.8, 4) is 5.75 Å². The van der Waals surface area contributed by atoms with Crippen LogP contribution in [0.5, 0.6) is 5.75 Å². The quantitative estimate of drug-likeness (QED) is 0.402. The highest BCUT2D eigenvalue weighted by Gasteiger charge is 2.08. The summed E-state index contributed by atoms with van der Waals surface area (Å²) in [7, 11) is 1.95. The topological polar surface area (TPSA) is 76.4 Å². The van der Waals surface area contributed by atoms with E-state index < -0.39 is 0 Å². The summed E-state index contributed by atoms with van der Waals surface area (Å²) in [6, 6.07) is 8.09. The van der Waals surface area contributed by atoms with Crippen molar-refractivity contribution in [3.05, 3.63) is 41.5 Å². The molecule has 0 saturated heterocycles. The first-order chi connectivity index (χ1) is 13.0. The molecule has 7 nitrogen and oxygen atoms in total. The van der Waals surface area contributed by atoms with E-state index in [2.05, 4.69) is 45.7 Å². The predicted molar refractivity (Wildman–Crippen MR) is 109 cm³/mol. The number of ether oxygens (including phenoxy) is 1. The standard InChI is InChI=1S/C20H32N6O/c1-6-7-11-21-20(23-14-19-25-24-17(4)26(19)5)22-13-16(3)27-18-10-8-9-15(2)12-18/h8-10,12,16H,6-7,11,13-14H2,1-5H3,(H2,21,22,23). The van der Waals surface area contributed by atoms with Crippen molar-refractivity contribution in [1.82, 2.24) is 25.4 Å². The van der Waals surface area contributed by atoms with Gasteiger partial charge in [0.2, 0.25) is 0 Å². The number of unbranched alkanes of at least 4 members (excludes halogenated alkanes) is 1. The Labute approximate surface area is 162 Å². The van der Waals surface area contributed by atoms with Crippen molar-refractivity contribution in [3.63, 3.8) is 0 Å². The molecular weight excluding hydrogens is 340 g/mol. The van der Waals surface area contributed by atoms with Gasteiger partial charge in [0, 0.05) is 13.6 Å². The van der Waals surface area contributed by atoms with E-state index >= 15 is 0 Å². The van der Waals surface area contributed by atoms with Crippen LogP contribution in [0.3, 0.4) is 0 Å². The average Bonchev–Trinajstić information content (AvgIpc) is 2.95. The van der Waals surface area contributed by atoms with E-state index in [0.29, 0.717) is 13.1 Å². The Morgan fingerprint density at radius 2 is 2.07 bits per heavy atom. The molecule has 0 radical (unpaired) electrons. The normalized spacial score (nSPS) is 12.7. The van der Waals surface area contributed by atoms with Crippen molar-refractivity contribution in [2.45, 2.75) is 53.2 Å². The molecule has 0 saturated carbocycles. The SMILES string of the molecule is CCCCNC(=NCc1nnc(C)n1C)NCC(C)Oc1cccc(C)c1. The van der Waals surface area contributed by atoms with Crippen LogP contribution < -0.4 is 15.4 Å². The number of aromatic nitrogens is 3. The summed E-state index contributed by atoms with van der Waals surface area (Å²) in [5.74, 6) is 3.38. The van der Waals surface area contributed by atoms with E-state index in [0.717, 1.165) is 42.7 Å². The number of guanidine groups is 1. The Kier molecular flexibility index (Phi) is 8.10. The molecule has 0 aliphatic rings. The van der Waals surface area contributed by atoms with Crippen molar-refractivity contribution in [2.75, 3.05) is 13.1 Å². The van der Waals surface area contributed by atoms with E-state index in [9.17, 15) is 0 Å². The summed E-state index contributed by atoms with van der Waals surface area (Å²) < 4.78 is 7.94. The second-order valence-electron chi connectivity index (χ2n) is 6.79. The van der Waals surface area contributed by atoms with Gasteiger partial charge in [-0.05, 0) is 44.9 Å². The van der Waals surface area contributed by atoms with E-state index in [-0.39, 0.29) is 6.10 Å². The fourth-order valence-electron chi connectivity index (χ4n) is 2.50. The molecule has 0 amide bonds. The second-order valence-corrected chi connectivity index (χ2v) is 6.79. The lowest BCUT2D eigenvalue weighted by Crippen LogP contribution is -2.42. The lowest BCUT2D eigenvalue weighted by atomic mass is 10.2. The zero-order chi connectivity index (χ0) is 19.6. The van der Waals surface area contributed by atoms with Gasteiger partial charge < -0.3 is 19.9 Å². The van der Waals surface area contributed by atoms with E-state index in [1.807, 2.05) is 43.7 Å². The molecular formula is C20H32N6O. The first-order valence-electron chi connectivity index (χ1n) is 9.60. The fraction of sp³-hybridized carbons (Fsp3) is 0.550. The number of rotatable bonds is 9. The number of benzene rings is 1. The summed E-state index contributed by atoms with van der Waals surface area (Å²) in [6.45, 7) is 10.2. The molecule has 1 aromatic heterocycles. The molecule has 0 bridgehead atoms. The number of aliphatic imine (C=N–C) groups is 1. The van der Waals surface area contributed by atoms with Crippen LogP contribution in [0.2, 0.25) is 0 Å². The van der Waals surface area contributed by atoms with Crippen LogP contribution in [0.1, 0.15) is 43.9 Å². The van der Waals surface area contributed by atoms with Gasteiger partial charge in [-0.15, -0.1) is 10.2 Å². The summed E-state index contributed by atoms with van der Waals surface area (Å²) in [5, 5.41) is 15.0. The maximum atomic E-state index is 5.98. The number of nitrogens with zero attached hydrogens (tertiary/aromatic N) is 4. The monoisotopic (exact) mass is 372 g/mol. The third-order valence-electron chi connectivity index (χ3n) is 4.27. The summed E-state index contributed by atoms with van der Waals surface area (Å²) in [6.07, 6.45) is 2.25. The minimum absolute atomic E-state index is 0.0158. The van der Waals surface area contributed by atoms with Gasteiger partial charge in [-0.25, -0.2) is 4.99 Å². The summed E-state index contributed by atoms with van der Waals surface area (Å²) in [5.41, 5.74) is 1.19. The van der Waals surface area contributed by atoms with Crippen molar-refractivity contribution in [2.24, 2.45) is 12.0 Å². The van der Waals surface area contributed by atoms with Crippen LogP contribution >= 0.6 is 0 Å². The van der Waals surface area contributed by atoms with Crippen molar-refractivity contribution < 1.29 is 4.74 Å². The molecule has 0 aliphatic heterocycles. The highest BCUT2D eigenvalue weighted by molar-refractivity contribution is 5.79. The van der Waals surface area contributed by atoms with Gasteiger partial charge in [0.1, 0.15) is 24.2 Å². The zero-order valence-corrected chi connectivity index (χ0v) is 17.1. The molecule has 0 fully saturated rings. The minimum atomic E-state index is 0.0158. The third-order valence-corrected chi connectivity index (χ3v) is 4.27. The lowest BCUT2D eigenvalue weighted by molar-refractivity contribution is 0.223. The lowest BCUT2D eigenvalue weighted by Gasteiger charge is -2.18. The van der Waals surface area contributed by atoms with Crippen molar-refractivity contribution in [1.29, 1.82) is 0 Å². The molecule has 1 aromatic carbocycles. The molecule has 2 rings (SSSR count). The molecule has 0 aliphatic carbocycles. The molecule has 1 heterocycles. The van der Waals surface area contributed by atoms with E-state index in [4.69, 9.17) is 4.74 Å². The maximum absolute atomic E-state index is 5.98. The van der Waals surface area contributed by atoms with Gasteiger partial charge >= 0.3 is 0 Å². The van der Waals surface area contributed by atoms with Gasteiger partial charge in [-0.1, -0.05) is 25.5 Å². The molecule has 0 spiro atoms. The average molecular weight is 373 g/mol. The highest BCUT2D eigenvalue weighted by Crippen LogP contribution is 2.13. The van der Waals surface area contributed by atoms with Crippen LogP contribution in [0.15, 0.2) is 29.3 Å². The van der Waals surface area contributed by atoms with Crippen molar-refractivity contribution >= 4 is 5.96 Å². The van der Waals surface area contributed by atoms with Gasteiger partial charge in [0.25, 0.3) is 0 Å². The van der Waals surface area contributed by atoms with Crippen LogP contribution in [0.4, 0.5) is 0 Å². The molecule has 1 atom stereocenters. The Balaban J connectivity index is 1.92. The number of nitrogens with one attached hydrogen (secondary N) is 2.